The molecular weight excluding hydrogens is 284 g/mol. The average Bonchev–Trinajstić information content (AvgIpc) is 3.06. The predicted molar refractivity (Wildman–Crippen MR) is 77.1 cm³/mol. The molecule has 1 unspecified atom stereocenters. The van der Waals surface area contributed by atoms with Gasteiger partial charge in [0.05, 0.1) is 6.54 Å². The van der Waals surface area contributed by atoms with Gasteiger partial charge in [0.2, 0.25) is 11.8 Å². The van der Waals surface area contributed by atoms with Gasteiger partial charge < -0.3 is 14.1 Å². The van der Waals surface area contributed by atoms with Crippen molar-refractivity contribution in [1.29, 1.82) is 0 Å². The van der Waals surface area contributed by atoms with Crippen LogP contribution >= 0.6 is 0 Å². The van der Waals surface area contributed by atoms with Crippen LogP contribution in [0.5, 0.6) is 0 Å². The molecule has 1 aromatic rings. The second-order valence-corrected chi connectivity index (χ2v) is 6.41. The molecule has 0 radical (unpaired) electrons. The van der Waals surface area contributed by atoms with E-state index in [2.05, 4.69) is 15.1 Å². The lowest BCUT2D eigenvalue weighted by atomic mass is 10.2. The average molecular weight is 306 g/mol. The molecule has 120 valence electrons. The Balaban J connectivity index is 1.26. The molecule has 0 spiro atoms. The molecule has 0 aromatic carbocycles. The molecule has 1 saturated carbocycles. The maximum atomic E-state index is 12.3. The van der Waals surface area contributed by atoms with Gasteiger partial charge in [-0.3, -0.25) is 9.69 Å². The summed E-state index contributed by atoms with van der Waals surface area (Å²) in [6, 6.07) is 0. The van der Waals surface area contributed by atoms with E-state index in [0.29, 0.717) is 18.4 Å². The van der Waals surface area contributed by atoms with Gasteiger partial charge in [-0.15, -0.1) is 10.2 Å². The molecule has 3 heterocycles. The standard InChI is InChI=1S/C15H22N4O3/c20-15(12-2-1-9-21-12)19-7-5-18(6-8-19)10-13-16-17-14(22-13)11-3-4-11/h11-12H,1-10H2. The summed E-state index contributed by atoms with van der Waals surface area (Å²) in [6.07, 6.45) is 4.00. The number of carbonyl (C=O) groups is 1. The fourth-order valence-electron chi connectivity index (χ4n) is 3.12. The highest BCUT2D eigenvalue weighted by molar-refractivity contribution is 5.81. The fourth-order valence-corrected chi connectivity index (χ4v) is 3.12. The van der Waals surface area contributed by atoms with Gasteiger partial charge in [-0.05, 0) is 25.7 Å². The number of piperazine rings is 1. The summed E-state index contributed by atoms with van der Waals surface area (Å²) in [7, 11) is 0. The van der Waals surface area contributed by atoms with Gasteiger partial charge in [0.25, 0.3) is 5.91 Å². The fraction of sp³-hybridized carbons (Fsp3) is 0.800. The van der Waals surface area contributed by atoms with Crippen LogP contribution in [0.1, 0.15) is 43.4 Å². The number of aromatic nitrogens is 2. The number of nitrogens with zero attached hydrogens (tertiary/aromatic N) is 4. The van der Waals surface area contributed by atoms with E-state index in [4.69, 9.17) is 9.15 Å². The minimum atomic E-state index is -0.205. The van der Waals surface area contributed by atoms with Crippen molar-refractivity contribution in [3.05, 3.63) is 11.8 Å². The van der Waals surface area contributed by atoms with Crippen molar-refractivity contribution in [1.82, 2.24) is 20.0 Å². The summed E-state index contributed by atoms with van der Waals surface area (Å²) < 4.78 is 11.2. The summed E-state index contributed by atoms with van der Waals surface area (Å²) in [6.45, 7) is 4.60. The van der Waals surface area contributed by atoms with E-state index >= 15 is 0 Å². The highest BCUT2D eigenvalue weighted by atomic mass is 16.5. The number of hydrogen-bond donors (Lipinski definition) is 0. The molecule has 4 rings (SSSR count). The highest BCUT2D eigenvalue weighted by Gasteiger charge is 2.32. The molecule has 2 aliphatic heterocycles. The van der Waals surface area contributed by atoms with E-state index in [9.17, 15) is 4.79 Å². The van der Waals surface area contributed by atoms with E-state index < -0.39 is 0 Å². The van der Waals surface area contributed by atoms with Crippen molar-refractivity contribution in [3.63, 3.8) is 0 Å². The van der Waals surface area contributed by atoms with Crippen molar-refractivity contribution < 1.29 is 13.9 Å². The first-order valence-corrected chi connectivity index (χ1v) is 8.24. The maximum absolute atomic E-state index is 12.3. The minimum absolute atomic E-state index is 0.158. The molecule has 7 nitrogen and oxygen atoms in total. The number of amides is 1. The topological polar surface area (TPSA) is 71.7 Å². The quantitative estimate of drug-likeness (QED) is 0.818. The van der Waals surface area contributed by atoms with Crippen molar-refractivity contribution in [2.75, 3.05) is 32.8 Å². The van der Waals surface area contributed by atoms with E-state index in [1.807, 2.05) is 4.90 Å². The second-order valence-electron chi connectivity index (χ2n) is 6.41. The molecule has 0 N–H and O–H groups in total. The van der Waals surface area contributed by atoms with E-state index in [1.54, 1.807) is 0 Å². The van der Waals surface area contributed by atoms with E-state index in [-0.39, 0.29) is 12.0 Å². The van der Waals surface area contributed by atoms with Crippen LogP contribution in [0.25, 0.3) is 0 Å². The molecule has 3 aliphatic rings. The van der Waals surface area contributed by atoms with Crippen molar-refractivity contribution in [2.24, 2.45) is 0 Å². The van der Waals surface area contributed by atoms with E-state index in [1.165, 1.54) is 12.8 Å². The van der Waals surface area contributed by atoms with Crippen LogP contribution in [0.4, 0.5) is 0 Å². The number of rotatable bonds is 4. The lowest BCUT2D eigenvalue weighted by molar-refractivity contribution is -0.142. The number of hydrogen-bond acceptors (Lipinski definition) is 6. The van der Waals surface area contributed by atoms with E-state index in [0.717, 1.165) is 51.5 Å². The molecule has 1 atom stereocenters. The van der Waals surface area contributed by atoms with Crippen molar-refractivity contribution in [3.8, 4) is 0 Å². The Kier molecular flexibility index (Phi) is 3.83. The lowest BCUT2D eigenvalue weighted by Gasteiger charge is -2.35. The van der Waals surface area contributed by atoms with Crippen LogP contribution in [-0.4, -0.2) is 64.8 Å². The molecule has 7 heteroatoms. The third-order valence-corrected chi connectivity index (χ3v) is 4.66. The largest absolute Gasteiger partial charge is 0.424 e. The summed E-state index contributed by atoms with van der Waals surface area (Å²) in [5.74, 6) is 2.15. The third-order valence-electron chi connectivity index (χ3n) is 4.66. The Hall–Kier alpha value is -1.47. The third kappa shape index (κ3) is 3.01. The zero-order valence-electron chi connectivity index (χ0n) is 12.7. The van der Waals surface area contributed by atoms with Gasteiger partial charge >= 0.3 is 0 Å². The van der Waals surface area contributed by atoms with Crippen molar-refractivity contribution >= 4 is 5.91 Å². The predicted octanol–water partition coefficient (Wildman–Crippen LogP) is 0.770. The van der Waals surface area contributed by atoms with Gasteiger partial charge in [0.15, 0.2) is 0 Å². The zero-order valence-corrected chi connectivity index (χ0v) is 12.7. The van der Waals surface area contributed by atoms with Crippen LogP contribution < -0.4 is 0 Å². The Morgan fingerprint density at radius 2 is 1.95 bits per heavy atom. The SMILES string of the molecule is O=C(C1CCCO1)N1CCN(Cc2nnc(C3CC3)o2)CC1. The van der Waals surface area contributed by atoms with Crippen LogP contribution in [-0.2, 0) is 16.1 Å². The van der Waals surface area contributed by atoms with Crippen molar-refractivity contribution in [2.45, 2.75) is 44.2 Å². The smallest absolute Gasteiger partial charge is 0.251 e. The number of ether oxygens (including phenoxy) is 1. The Morgan fingerprint density at radius 3 is 2.64 bits per heavy atom. The van der Waals surface area contributed by atoms with Crippen LogP contribution in [0.3, 0.4) is 0 Å². The molecule has 22 heavy (non-hydrogen) atoms. The summed E-state index contributed by atoms with van der Waals surface area (Å²) >= 11 is 0. The summed E-state index contributed by atoms with van der Waals surface area (Å²) in [4.78, 5) is 16.5. The monoisotopic (exact) mass is 306 g/mol. The Bertz CT molecular complexity index is 529. The first-order valence-electron chi connectivity index (χ1n) is 8.24. The normalized spacial score (nSPS) is 26.5. The Morgan fingerprint density at radius 1 is 1.14 bits per heavy atom. The first kappa shape index (κ1) is 14.1. The number of carbonyl (C=O) groups excluding carboxylic acids is 1. The van der Waals surface area contributed by atoms with Crippen LogP contribution in [0, 0.1) is 0 Å². The van der Waals surface area contributed by atoms with Crippen LogP contribution in [0.2, 0.25) is 0 Å². The summed E-state index contributed by atoms with van der Waals surface area (Å²) in [5.41, 5.74) is 0. The zero-order chi connectivity index (χ0) is 14.9. The molecule has 1 aliphatic carbocycles. The molecular formula is C15H22N4O3. The molecule has 3 fully saturated rings. The second kappa shape index (κ2) is 5.96. The summed E-state index contributed by atoms with van der Waals surface area (Å²) in [5, 5.41) is 8.24. The molecule has 2 saturated heterocycles. The van der Waals surface area contributed by atoms with Crippen LogP contribution in [0.15, 0.2) is 4.42 Å². The van der Waals surface area contributed by atoms with Gasteiger partial charge in [0, 0.05) is 38.7 Å². The lowest BCUT2D eigenvalue weighted by Crippen LogP contribution is -2.51. The molecule has 1 aromatic heterocycles. The minimum Gasteiger partial charge on any atom is -0.424 e. The molecule has 1 amide bonds. The van der Waals surface area contributed by atoms with Gasteiger partial charge in [-0.25, -0.2) is 0 Å². The maximum Gasteiger partial charge on any atom is 0.251 e. The highest BCUT2D eigenvalue weighted by Crippen LogP contribution is 2.39. The first-order chi connectivity index (χ1) is 10.8. The van der Waals surface area contributed by atoms with Gasteiger partial charge in [0.1, 0.15) is 6.10 Å². The Labute approximate surface area is 129 Å². The molecule has 0 bridgehead atoms. The van der Waals surface area contributed by atoms with Gasteiger partial charge in [-0.1, -0.05) is 0 Å². The van der Waals surface area contributed by atoms with Gasteiger partial charge in [-0.2, -0.15) is 0 Å².